The third-order valence-corrected chi connectivity index (χ3v) is 4.92. The Kier molecular flexibility index (Phi) is 6.06. The molecule has 144 valence electrons. The van der Waals surface area contributed by atoms with Crippen molar-refractivity contribution in [2.75, 3.05) is 19.5 Å². The highest BCUT2D eigenvalue weighted by Gasteiger charge is 2.10. The summed E-state index contributed by atoms with van der Waals surface area (Å²) in [5, 5.41) is 5.42. The normalized spacial score (nSPS) is 10.9. The van der Waals surface area contributed by atoms with E-state index in [1.54, 1.807) is 44.6 Å². The van der Waals surface area contributed by atoms with Crippen LogP contribution >= 0.6 is 11.3 Å². The van der Waals surface area contributed by atoms with E-state index in [1.165, 1.54) is 29.5 Å². The molecule has 0 bridgehead atoms. The van der Waals surface area contributed by atoms with Gasteiger partial charge in [0, 0.05) is 28.8 Å². The van der Waals surface area contributed by atoms with Crippen LogP contribution in [0.15, 0.2) is 47.9 Å². The van der Waals surface area contributed by atoms with Crippen LogP contribution < -0.4 is 14.8 Å². The van der Waals surface area contributed by atoms with Gasteiger partial charge in [0.05, 0.1) is 19.9 Å². The zero-order chi connectivity index (χ0) is 20.1. The number of thiazole rings is 1. The van der Waals surface area contributed by atoms with E-state index in [0.717, 1.165) is 16.1 Å². The van der Waals surface area contributed by atoms with Crippen LogP contribution in [0.1, 0.15) is 11.3 Å². The zero-order valence-corrected chi connectivity index (χ0v) is 16.5. The summed E-state index contributed by atoms with van der Waals surface area (Å²) < 4.78 is 23.5. The van der Waals surface area contributed by atoms with Gasteiger partial charge in [-0.2, -0.15) is 0 Å². The number of hydrogen-bond donors (Lipinski definition) is 1. The molecule has 0 aliphatic carbocycles. The van der Waals surface area contributed by atoms with Gasteiger partial charge in [-0.1, -0.05) is 0 Å². The lowest BCUT2D eigenvalue weighted by Crippen LogP contribution is -2.09. The van der Waals surface area contributed by atoms with Gasteiger partial charge < -0.3 is 14.8 Å². The molecule has 1 N–H and O–H groups in total. The molecule has 1 heterocycles. The molecular weight excluding hydrogens is 379 g/mol. The van der Waals surface area contributed by atoms with Gasteiger partial charge in [-0.15, -0.1) is 11.3 Å². The standard InChI is InChI=1S/C21H19FN2O3S/c1-13-10-18(26-2)19(27-3)11-17(13)24-20(25)9-8-16-12-28-21(23-16)14-4-6-15(22)7-5-14/h4-12H,1-3H3,(H,24,25)/b9-8+. The van der Waals surface area contributed by atoms with Gasteiger partial charge in [0.25, 0.3) is 0 Å². The summed E-state index contributed by atoms with van der Waals surface area (Å²) >= 11 is 1.43. The van der Waals surface area contributed by atoms with Crippen LogP contribution in [0.25, 0.3) is 16.6 Å². The number of hydrogen-bond acceptors (Lipinski definition) is 5. The zero-order valence-electron chi connectivity index (χ0n) is 15.7. The maximum atomic E-state index is 13.0. The minimum absolute atomic E-state index is 0.286. The van der Waals surface area contributed by atoms with Crippen LogP contribution in [0.3, 0.4) is 0 Å². The fourth-order valence-corrected chi connectivity index (χ4v) is 3.33. The van der Waals surface area contributed by atoms with Crippen LogP contribution in [0.2, 0.25) is 0 Å². The number of amides is 1. The molecule has 0 atom stereocenters. The maximum absolute atomic E-state index is 13.0. The Morgan fingerprint density at radius 2 is 1.82 bits per heavy atom. The molecule has 3 aromatic rings. The second-order valence-electron chi connectivity index (χ2n) is 5.93. The number of carbonyl (C=O) groups is 1. The number of nitrogens with zero attached hydrogens (tertiary/aromatic N) is 1. The molecule has 3 rings (SSSR count). The molecule has 0 unspecified atom stereocenters. The Labute approximate surface area is 166 Å². The van der Waals surface area contributed by atoms with E-state index in [-0.39, 0.29) is 11.7 Å². The largest absolute Gasteiger partial charge is 0.493 e. The van der Waals surface area contributed by atoms with Crippen LogP contribution in [-0.4, -0.2) is 25.1 Å². The molecule has 0 aliphatic rings. The van der Waals surface area contributed by atoms with Crippen molar-refractivity contribution in [2.45, 2.75) is 6.92 Å². The number of aromatic nitrogens is 1. The molecule has 2 aromatic carbocycles. The first kappa shape index (κ1) is 19.6. The number of carbonyl (C=O) groups excluding carboxylic acids is 1. The topological polar surface area (TPSA) is 60.5 Å². The highest BCUT2D eigenvalue weighted by Crippen LogP contribution is 2.33. The van der Waals surface area contributed by atoms with E-state index in [1.807, 2.05) is 12.3 Å². The van der Waals surface area contributed by atoms with Crippen LogP contribution in [0.5, 0.6) is 11.5 Å². The molecule has 0 radical (unpaired) electrons. The summed E-state index contributed by atoms with van der Waals surface area (Å²) in [4.78, 5) is 16.7. The van der Waals surface area contributed by atoms with Gasteiger partial charge >= 0.3 is 0 Å². The molecule has 0 spiro atoms. The van der Waals surface area contributed by atoms with Crippen molar-refractivity contribution in [3.8, 4) is 22.1 Å². The van der Waals surface area contributed by atoms with Gasteiger partial charge in [0.2, 0.25) is 5.91 Å². The fraction of sp³-hybridized carbons (Fsp3) is 0.143. The second-order valence-corrected chi connectivity index (χ2v) is 6.79. The quantitative estimate of drug-likeness (QED) is 0.599. The smallest absolute Gasteiger partial charge is 0.248 e. The van der Waals surface area contributed by atoms with Crippen molar-refractivity contribution in [2.24, 2.45) is 0 Å². The molecule has 1 aromatic heterocycles. The van der Waals surface area contributed by atoms with E-state index in [0.29, 0.717) is 22.9 Å². The molecule has 1 amide bonds. The molecule has 0 saturated heterocycles. The van der Waals surface area contributed by atoms with E-state index in [2.05, 4.69) is 10.3 Å². The number of aryl methyl sites for hydroxylation is 1. The molecule has 0 saturated carbocycles. The third kappa shape index (κ3) is 4.55. The van der Waals surface area contributed by atoms with E-state index < -0.39 is 0 Å². The molecule has 0 fully saturated rings. The van der Waals surface area contributed by atoms with Gasteiger partial charge in [0.1, 0.15) is 10.8 Å². The molecule has 5 nitrogen and oxygen atoms in total. The number of anilines is 1. The summed E-state index contributed by atoms with van der Waals surface area (Å²) in [6, 6.07) is 9.65. The lowest BCUT2D eigenvalue weighted by molar-refractivity contribution is -0.111. The van der Waals surface area contributed by atoms with Crippen molar-refractivity contribution >= 4 is 29.0 Å². The molecule has 28 heavy (non-hydrogen) atoms. The predicted octanol–water partition coefficient (Wildman–Crippen LogP) is 4.93. The van der Waals surface area contributed by atoms with Crippen molar-refractivity contribution in [1.29, 1.82) is 0 Å². The van der Waals surface area contributed by atoms with E-state index >= 15 is 0 Å². The summed E-state index contributed by atoms with van der Waals surface area (Å²) in [7, 11) is 3.10. The number of methoxy groups -OCH3 is 2. The first-order valence-corrected chi connectivity index (χ1v) is 9.31. The SMILES string of the molecule is COc1cc(C)c(NC(=O)/C=C/c2csc(-c3ccc(F)cc3)n2)cc1OC. The Hall–Kier alpha value is -3.19. The van der Waals surface area contributed by atoms with E-state index in [4.69, 9.17) is 9.47 Å². The highest BCUT2D eigenvalue weighted by molar-refractivity contribution is 7.13. The predicted molar refractivity (Wildman–Crippen MR) is 109 cm³/mol. The van der Waals surface area contributed by atoms with E-state index in [9.17, 15) is 9.18 Å². The second kappa shape index (κ2) is 8.67. The van der Waals surface area contributed by atoms with Crippen molar-refractivity contribution in [1.82, 2.24) is 4.98 Å². The van der Waals surface area contributed by atoms with Gasteiger partial charge in [0.15, 0.2) is 11.5 Å². The Morgan fingerprint density at radius 1 is 1.14 bits per heavy atom. The van der Waals surface area contributed by atoms with Crippen LogP contribution in [0.4, 0.5) is 10.1 Å². The number of ether oxygens (including phenoxy) is 2. The summed E-state index contributed by atoms with van der Waals surface area (Å²) in [6.07, 6.45) is 3.05. The maximum Gasteiger partial charge on any atom is 0.248 e. The monoisotopic (exact) mass is 398 g/mol. The molecule has 7 heteroatoms. The average Bonchev–Trinajstić information content (AvgIpc) is 3.17. The average molecular weight is 398 g/mol. The number of halogens is 1. The van der Waals surface area contributed by atoms with Crippen molar-refractivity contribution < 1.29 is 18.7 Å². The Balaban J connectivity index is 1.70. The molecular formula is C21H19FN2O3S. The fourth-order valence-electron chi connectivity index (χ4n) is 2.54. The first-order chi connectivity index (χ1) is 13.5. The van der Waals surface area contributed by atoms with Gasteiger partial charge in [-0.05, 0) is 48.9 Å². The summed E-state index contributed by atoms with van der Waals surface area (Å²) in [6.45, 7) is 1.87. The lowest BCUT2D eigenvalue weighted by atomic mass is 10.1. The third-order valence-electron chi connectivity index (χ3n) is 4.01. The Bertz CT molecular complexity index is 1010. The number of rotatable bonds is 6. The number of benzene rings is 2. The molecule has 0 aliphatic heterocycles. The Morgan fingerprint density at radius 3 is 2.50 bits per heavy atom. The minimum Gasteiger partial charge on any atom is -0.493 e. The van der Waals surface area contributed by atoms with Gasteiger partial charge in [-0.3, -0.25) is 4.79 Å². The highest BCUT2D eigenvalue weighted by atomic mass is 32.1. The van der Waals surface area contributed by atoms with Crippen molar-refractivity contribution in [3.63, 3.8) is 0 Å². The van der Waals surface area contributed by atoms with Crippen LogP contribution in [0, 0.1) is 12.7 Å². The van der Waals surface area contributed by atoms with Crippen LogP contribution in [-0.2, 0) is 4.79 Å². The lowest BCUT2D eigenvalue weighted by Gasteiger charge is -2.12. The summed E-state index contributed by atoms with van der Waals surface area (Å²) in [5.41, 5.74) is 2.98. The number of nitrogens with one attached hydrogen (secondary N) is 1. The van der Waals surface area contributed by atoms with Crippen molar-refractivity contribution in [3.05, 3.63) is 64.9 Å². The first-order valence-electron chi connectivity index (χ1n) is 8.43. The van der Waals surface area contributed by atoms with Gasteiger partial charge in [-0.25, -0.2) is 9.37 Å². The summed E-state index contributed by atoms with van der Waals surface area (Å²) in [5.74, 6) is 0.564. The minimum atomic E-state index is -0.289.